The fourth-order valence-electron chi connectivity index (χ4n) is 3.48. The molecule has 1 amide bonds. The van der Waals surface area contributed by atoms with E-state index in [4.69, 9.17) is 14.5 Å². The van der Waals surface area contributed by atoms with Gasteiger partial charge in [-0.3, -0.25) is 4.79 Å². The molecule has 1 aliphatic heterocycles. The summed E-state index contributed by atoms with van der Waals surface area (Å²) >= 11 is 0. The van der Waals surface area contributed by atoms with Crippen LogP contribution in [-0.4, -0.2) is 43.6 Å². The van der Waals surface area contributed by atoms with Crippen LogP contribution in [0.1, 0.15) is 37.8 Å². The monoisotopic (exact) mass is 552 g/mol. The summed E-state index contributed by atoms with van der Waals surface area (Å²) in [6, 6.07) is 14.0. The van der Waals surface area contributed by atoms with Crippen molar-refractivity contribution >= 4 is 41.5 Å². The second-order valence-corrected chi connectivity index (χ2v) is 7.35. The average molecular weight is 552 g/mol. The molecule has 0 aliphatic carbocycles. The summed E-state index contributed by atoms with van der Waals surface area (Å²) in [5, 5.41) is 6.59. The number of guanidine groups is 1. The minimum absolute atomic E-state index is 0. The van der Waals surface area contributed by atoms with E-state index in [1.807, 2.05) is 36.9 Å². The van der Waals surface area contributed by atoms with Gasteiger partial charge in [-0.15, -0.1) is 24.0 Å². The normalized spacial score (nSPS) is 13.5. The molecule has 3 rings (SSSR count). The first kappa shape index (κ1) is 25.8. The molecule has 0 radical (unpaired) electrons. The van der Waals surface area contributed by atoms with Crippen LogP contribution in [-0.2, 0) is 17.9 Å². The highest BCUT2D eigenvalue weighted by molar-refractivity contribution is 14.0. The Balaban J connectivity index is 0.00000363. The first-order valence-corrected chi connectivity index (χ1v) is 10.8. The summed E-state index contributed by atoms with van der Waals surface area (Å²) in [6.07, 6.45) is 1.64. The number of nitrogens with zero attached hydrogens (tertiary/aromatic N) is 2. The number of aliphatic imine (C=N–C) groups is 1. The van der Waals surface area contributed by atoms with E-state index in [1.165, 1.54) is 0 Å². The smallest absolute Gasteiger partial charge is 0.222 e. The maximum Gasteiger partial charge on any atom is 0.222 e. The third kappa shape index (κ3) is 7.29. The van der Waals surface area contributed by atoms with Gasteiger partial charge in [0.05, 0.1) is 20.3 Å². The summed E-state index contributed by atoms with van der Waals surface area (Å²) in [5.41, 5.74) is 3.13. The molecule has 32 heavy (non-hydrogen) atoms. The molecule has 7 nitrogen and oxygen atoms in total. The van der Waals surface area contributed by atoms with Crippen molar-refractivity contribution in [3.63, 3.8) is 0 Å². The molecule has 174 valence electrons. The van der Waals surface area contributed by atoms with Gasteiger partial charge in [0.2, 0.25) is 5.91 Å². The number of amides is 1. The molecule has 2 aromatic rings. The van der Waals surface area contributed by atoms with Crippen LogP contribution in [0.15, 0.2) is 47.5 Å². The number of halogens is 1. The average Bonchev–Trinajstić information content (AvgIpc) is 3.18. The van der Waals surface area contributed by atoms with Gasteiger partial charge in [-0.05, 0) is 43.5 Å². The summed E-state index contributed by atoms with van der Waals surface area (Å²) in [5.74, 6) is 2.34. The van der Waals surface area contributed by atoms with Crippen molar-refractivity contribution in [3.8, 4) is 11.5 Å². The van der Waals surface area contributed by atoms with E-state index in [0.717, 1.165) is 36.3 Å². The summed E-state index contributed by atoms with van der Waals surface area (Å²) < 4.78 is 11.0. The van der Waals surface area contributed by atoms with Crippen LogP contribution in [0.2, 0.25) is 0 Å². The van der Waals surface area contributed by atoms with Crippen molar-refractivity contribution < 1.29 is 14.3 Å². The van der Waals surface area contributed by atoms with Crippen LogP contribution in [0.4, 0.5) is 5.69 Å². The van der Waals surface area contributed by atoms with Crippen molar-refractivity contribution in [3.05, 3.63) is 53.6 Å². The molecule has 0 saturated carbocycles. The van der Waals surface area contributed by atoms with E-state index < -0.39 is 0 Å². The number of rotatable bonds is 9. The lowest BCUT2D eigenvalue weighted by atomic mass is 10.1. The topological polar surface area (TPSA) is 75.2 Å². The lowest BCUT2D eigenvalue weighted by Gasteiger charge is -2.16. The van der Waals surface area contributed by atoms with Gasteiger partial charge < -0.3 is 25.0 Å². The first-order chi connectivity index (χ1) is 15.1. The van der Waals surface area contributed by atoms with E-state index in [2.05, 4.69) is 34.9 Å². The number of anilines is 1. The Morgan fingerprint density at radius 2 is 1.84 bits per heavy atom. The predicted octanol–water partition coefficient (Wildman–Crippen LogP) is 4.41. The molecule has 0 spiro atoms. The minimum Gasteiger partial charge on any atom is -0.493 e. The highest BCUT2D eigenvalue weighted by Gasteiger charge is 2.19. The number of likely N-dealkylation sites (tertiary alicyclic amines) is 1. The molecule has 1 aliphatic rings. The van der Waals surface area contributed by atoms with Crippen LogP contribution in [0.3, 0.4) is 0 Å². The zero-order valence-electron chi connectivity index (χ0n) is 19.0. The third-order valence-electron chi connectivity index (χ3n) is 5.06. The molecule has 0 aromatic heterocycles. The number of carbonyl (C=O) groups is 1. The van der Waals surface area contributed by atoms with Crippen LogP contribution in [0.5, 0.6) is 11.5 Å². The van der Waals surface area contributed by atoms with Crippen molar-refractivity contribution in [2.75, 3.05) is 32.1 Å². The maximum atomic E-state index is 11.8. The Labute approximate surface area is 207 Å². The van der Waals surface area contributed by atoms with Crippen molar-refractivity contribution in [1.29, 1.82) is 0 Å². The molecular weight excluding hydrogens is 519 g/mol. The summed E-state index contributed by atoms with van der Waals surface area (Å²) in [6.45, 7) is 7.39. The molecule has 0 bridgehead atoms. The van der Waals surface area contributed by atoms with Gasteiger partial charge in [-0.2, -0.15) is 0 Å². The number of nitrogens with one attached hydrogen (secondary N) is 2. The fourth-order valence-corrected chi connectivity index (χ4v) is 3.48. The summed E-state index contributed by atoms with van der Waals surface area (Å²) in [4.78, 5) is 18.4. The zero-order valence-corrected chi connectivity index (χ0v) is 21.3. The Morgan fingerprint density at radius 3 is 2.47 bits per heavy atom. The lowest BCUT2D eigenvalue weighted by Crippen LogP contribution is -2.30. The van der Waals surface area contributed by atoms with Gasteiger partial charge in [0.1, 0.15) is 0 Å². The van der Waals surface area contributed by atoms with Gasteiger partial charge in [0.15, 0.2) is 17.5 Å². The van der Waals surface area contributed by atoms with E-state index >= 15 is 0 Å². The van der Waals surface area contributed by atoms with Gasteiger partial charge in [0, 0.05) is 37.8 Å². The SMILES string of the molecule is CCNC(=NCc1ccc(CN2CCCC2=O)cc1)Nc1ccc(OC)c(OCC)c1.I. The molecule has 1 saturated heterocycles. The number of ether oxygens (including phenoxy) is 2. The van der Waals surface area contributed by atoms with E-state index in [1.54, 1.807) is 7.11 Å². The van der Waals surface area contributed by atoms with Crippen molar-refractivity contribution in [2.24, 2.45) is 4.99 Å². The minimum atomic E-state index is 0. The number of hydrogen-bond acceptors (Lipinski definition) is 4. The van der Waals surface area contributed by atoms with Crippen LogP contribution < -0.4 is 20.1 Å². The largest absolute Gasteiger partial charge is 0.493 e. The van der Waals surface area contributed by atoms with Gasteiger partial charge in [0.25, 0.3) is 0 Å². The number of carbonyl (C=O) groups excluding carboxylic acids is 1. The summed E-state index contributed by atoms with van der Waals surface area (Å²) in [7, 11) is 1.63. The molecule has 0 unspecified atom stereocenters. The first-order valence-electron chi connectivity index (χ1n) is 10.8. The highest BCUT2D eigenvalue weighted by Crippen LogP contribution is 2.30. The molecule has 0 atom stereocenters. The van der Waals surface area contributed by atoms with E-state index in [-0.39, 0.29) is 29.9 Å². The Bertz CT molecular complexity index is 903. The Morgan fingerprint density at radius 1 is 1.09 bits per heavy atom. The fraction of sp³-hybridized carbons (Fsp3) is 0.417. The molecule has 1 fully saturated rings. The quantitative estimate of drug-likeness (QED) is 0.274. The van der Waals surface area contributed by atoms with Gasteiger partial charge >= 0.3 is 0 Å². The molecule has 2 N–H and O–H groups in total. The van der Waals surface area contributed by atoms with Crippen LogP contribution in [0, 0.1) is 0 Å². The maximum absolute atomic E-state index is 11.8. The molecule has 1 heterocycles. The molecule has 8 heteroatoms. The van der Waals surface area contributed by atoms with Crippen LogP contribution >= 0.6 is 24.0 Å². The molecular formula is C24H33IN4O3. The van der Waals surface area contributed by atoms with Crippen molar-refractivity contribution in [1.82, 2.24) is 10.2 Å². The van der Waals surface area contributed by atoms with Crippen LogP contribution in [0.25, 0.3) is 0 Å². The Hall–Kier alpha value is -2.49. The highest BCUT2D eigenvalue weighted by atomic mass is 127. The van der Waals surface area contributed by atoms with Gasteiger partial charge in [-0.1, -0.05) is 24.3 Å². The second kappa shape index (κ2) is 13.1. The van der Waals surface area contributed by atoms with Crippen molar-refractivity contribution in [2.45, 2.75) is 39.8 Å². The lowest BCUT2D eigenvalue weighted by molar-refractivity contribution is -0.128. The number of methoxy groups -OCH3 is 1. The second-order valence-electron chi connectivity index (χ2n) is 7.35. The molecule has 2 aromatic carbocycles. The zero-order chi connectivity index (χ0) is 22.1. The number of benzene rings is 2. The standard InChI is InChI=1S/C24H32N4O3.HI/c1-4-25-24(27-20-12-13-21(30-3)22(15-20)31-5-2)26-16-18-8-10-19(11-9-18)17-28-14-6-7-23(28)29;/h8-13,15H,4-7,14,16-17H2,1-3H3,(H2,25,26,27);1H. The van der Waals surface area contributed by atoms with E-state index in [9.17, 15) is 4.79 Å². The third-order valence-corrected chi connectivity index (χ3v) is 5.06. The number of hydrogen-bond donors (Lipinski definition) is 2. The van der Waals surface area contributed by atoms with Gasteiger partial charge in [-0.25, -0.2) is 4.99 Å². The predicted molar refractivity (Wildman–Crippen MR) is 139 cm³/mol. The van der Waals surface area contributed by atoms with E-state index in [0.29, 0.717) is 43.6 Å². The Kier molecular flexibility index (Phi) is 10.6.